The Bertz CT molecular complexity index is 1930. The van der Waals surface area contributed by atoms with E-state index < -0.39 is 10.0 Å². The third kappa shape index (κ3) is 7.78. The van der Waals surface area contributed by atoms with Crippen LogP contribution in [0.3, 0.4) is 0 Å². The number of rotatable bonds is 10. The van der Waals surface area contributed by atoms with Crippen LogP contribution in [-0.4, -0.2) is 105 Å². The van der Waals surface area contributed by atoms with Crippen LogP contribution in [0.4, 0.5) is 17.3 Å². The fraction of sp³-hybridized carbons (Fsp3) is 0.500. The Labute approximate surface area is 287 Å². The molecule has 14 nitrogen and oxygen atoms in total. The van der Waals surface area contributed by atoms with Crippen LogP contribution in [0.2, 0.25) is 0 Å². The van der Waals surface area contributed by atoms with Gasteiger partial charge in [0.05, 0.1) is 52.3 Å². The Kier molecular flexibility index (Phi) is 9.64. The van der Waals surface area contributed by atoms with E-state index in [4.69, 9.17) is 15.5 Å². The minimum Gasteiger partial charge on any atom is -0.381 e. The highest BCUT2D eigenvalue weighted by molar-refractivity contribution is 7.90. The smallest absolute Gasteiger partial charge is 0.256 e. The maximum atomic E-state index is 12.6. The van der Waals surface area contributed by atoms with Gasteiger partial charge in [-0.2, -0.15) is 14.3 Å². The number of nitrogens with zero attached hydrogens (tertiary/aromatic N) is 9. The molecule has 3 N–H and O–H groups in total. The number of hydrogen-bond acceptors (Lipinski definition) is 12. The Morgan fingerprint density at radius 2 is 1.80 bits per heavy atom. The lowest BCUT2D eigenvalue weighted by atomic mass is 9.89. The first-order chi connectivity index (χ1) is 23.7. The number of anilines is 3. The highest BCUT2D eigenvalue weighted by Crippen LogP contribution is 2.32. The van der Waals surface area contributed by atoms with Gasteiger partial charge in [-0.3, -0.25) is 4.68 Å². The average molecular weight is 686 g/mol. The fourth-order valence-corrected chi connectivity index (χ4v) is 7.95. The molecule has 0 aromatic carbocycles. The topological polar surface area (TPSA) is 162 Å². The molecule has 1 aliphatic carbocycles. The lowest BCUT2D eigenvalue weighted by Gasteiger charge is -2.37. The SMILES string of the molecule is CN(C)CC(N)C1CCN(c2cc(Nc3ccnc(-c4cnn(S(=O)(=O)C5CC5)c4)n3)ncc2C#Cc2cnn(C3CCOCC3)c2)CC1. The van der Waals surface area contributed by atoms with Crippen LogP contribution in [0.1, 0.15) is 55.7 Å². The minimum absolute atomic E-state index is 0.131. The number of ether oxygens (including phenoxy) is 1. The fourth-order valence-electron chi connectivity index (χ4n) is 6.48. The van der Waals surface area contributed by atoms with Crippen molar-refractivity contribution in [2.45, 2.75) is 55.9 Å². The lowest BCUT2D eigenvalue weighted by Crippen LogP contribution is -2.45. The number of hydrogen-bond donors (Lipinski definition) is 2. The predicted octanol–water partition coefficient (Wildman–Crippen LogP) is 2.87. The second-order valence-electron chi connectivity index (χ2n) is 13.4. The second kappa shape index (κ2) is 14.2. The number of aromatic nitrogens is 7. The summed E-state index contributed by atoms with van der Waals surface area (Å²) >= 11 is 0. The van der Waals surface area contributed by atoms with Crippen LogP contribution < -0.4 is 16.0 Å². The van der Waals surface area contributed by atoms with Crippen LogP contribution >= 0.6 is 0 Å². The first kappa shape index (κ1) is 33.2. The molecule has 1 atom stereocenters. The zero-order chi connectivity index (χ0) is 34.0. The molecular weight excluding hydrogens is 643 g/mol. The molecule has 258 valence electrons. The number of pyridine rings is 1. The van der Waals surface area contributed by atoms with E-state index in [0.29, 0.717) is 47.8 Å². The standard InChI is InChI=1S/C34H43N11O3S/c1-42(2)23-30(35)25-8-13-43(14-9-25)31-17-33(37-19-26(31)4-3-24-18-38-44(21-24)28-10-15-48-16-11-28)40-32-7-12-36-34(41-32)27-20-39-45(22-27)49(46,47)29-5-6-29/h7,12,17-22,25,28-30H,5-6,8-11,13-16,23,35H2,1-2H3,(H,36,37,40,41). The zero-order valence-electron chi connectivity index (χ0n) is 27.9. The Balaban J connectivity index is 1.12. The lowest BCUT2D eigenvalue weighted by molar-refractivity contribution is 0.0662. The molecule has 1 saturated carbocycles. The maximum absolute atomic E-state index is 12.6. The van der Waals surface area contributed by atoms with Gasteiger partial charge in [0.25, 0.3) is 10.0 Å². The Hall–Kier alpha value is -4.36. The molecule has 15 heteroatoms. The van der Waals surface area contributed by atoms with Gasteiger partial charge in [0.2, 0.25) is 0 Å². The summed E-state index contributed by atoms with van der Waals surface area (Å²) in [7, 11) is 0.641. The van der Waals surface area contributed by atoms with Gasteiger partial charge in [0.15, 0.2) is 5.82 Å². The van der Waals surface area contributed by atoms with Crippen LogP contribution in [0.5, 0.6) is 0 Å². The Morgan fingerprint density at radius 3 is 2.55 bits per heavy atom. The van der Waals surface area contributed by atoms with E-state index in [1.165, 1.54) is 12.4 Å². The largest absolute Gasteiger partial charge is 0.381 e. The van der Waals surface area contributed by atoms with E-state index in [2.05, 4.69) is 61.2 Å². The van der Waals surface area contributed by atoms with Crippen molar-refractivity contribution in [2.75, 3.05) is 57.2 Å². The van der Waals surface area contributed by atoms with E-state index in [-0.39, 0.29) is 11.3 Å². The molecule has 2 saturated heterocycles. The summed E-state index contributed by atoms with van der Waals surface area (Å²) in [5.41, 5.74) is 9.76. The molecule has 6 heterocycles. The molecule has 0 bridgehead atoms. The molecular formula is C34H43N11O3S. The molecule has 3 aliphatic rings. The summed E-state index contributed by atoms with van der Waals surface area (Å²) in [6.45, 7) is 4.09. The van der Waals surface area contributed by atoms with Gasteiger partial charge < -0.3 is 25.6 Å². The van der Waals surface area contributed by atoms with Crippen LogP contribution in [0.25, 0.3) is 11.4 Å². The molecule has 0 spiro atoms. The van der Waals surface area contributed by atoms with Gasteiger partial charge in [0.1, 0.15) is 11.6 Å². The molecule has 4 aromatic heterocycles. The summed E-state index contributed by atoms with van der Waals surface area (Å²) in [6.07, 6.45) is 15.4. The van der Waals surface area contributed by atoms with Crippen molar-refractivity contribution in [3.63, 3.8) is 0 Å². The van der Waals surface area contributed by atoms with Gasteiger partial charge in [0, 0.05) is 63.5 Å². The second-order valence-corrected chi connectivity index (χ2v) is 15.4. The van der Waals surface area contributed by atoms with E-state index in [0.717, 1.165) is 79.4 Å². The summed E-state index contributed by atoms with van der Waals surface area (Å²) in [6, 6.07) is 4.22. The van der Waals surface area contributed by atoms with Gasteiger partial charge in [-0.25, -0.2) is 23.4 Å². The van der Waals surface area contributed by atoms with Crippen molar-refractivity contribution in [2.24, 2.45) is 11.7 Å². The molecule has 0 amide bonds. The highest BCUT2D eigenvalue weighted by Gasteiger charge is 2.37. The minimum atomic E-state index is -3.48. The molecule has 3 fully saturated rings. The van der Waals surface area contributed by atoms with E-state index in [9.17, 15) is 8.42 Å². The summed E-state index contributed by atoms with van der Waals surface area (Å²) in [4.78, 5) is 18.2. The zero-order valence-corrected chi connectivity index (χ0v) is 28.8. The van der Waals surface area contributed by atoms with Crippen molar-refractivity contribution in [1.82, 2.24) is 38.8 Å². The predicted molar refractivity (Wildman–Crippen MR) is 187 cm³/mol. The van der Waals surface area contributed by atoms with Gasteiger partial charge in [-0.05, 0) is 64.6 Å². The van der Waals surface area contributed by atoms with Crippen molar-refractivity contribution in [3.05, 3.63) is 60.4 Å². The van der Waals surface area contributed by atoms with Crippen LogP contribution in [-0.2, 0) is 14.8 Å². The number of piperidine rings is 1. The molecule has 1 unspecified atom stereocenters. The quantitative estimate of drug-likeness (QED) is 0.235. The number of nitrogens with one attached hydrogen (secondary N) is 1. The monoisotopic (exact) mass is 685 g/mol. The summed E-state index contributed by atoms with van der Waals surface area (Å²) in [5.74, 6) is 8.64. The average Bonchev–Trinajstić information content (AvgIpc) is 3.66. The van der Waals surface area contributed by atoms with E-state index in [1.54, 1.807) is 18.5 Å². The highest BCUT2D eigenvalue weighted by atomic mass is 32.2. The third-order valence-electron chi connectivity index (χ3n) is 9.39. The van der Waals surface area contributed by atoms with Gasteiger partial charge >= 0.3 is 0 Å². The molecule has 49 heavy (non-hydrogen) atoms. The first-order valence-electron chi connectivity index (χ1n) is 16.9. The molecule has 7 rings (SSSR count). The van der Waals surface area contributed by atoms with E-state index >= 15 is 0 Å². The van der Waals surface area contributed by atoms with E-state index in [1.807, 2.05) is 23.1 Å². The van der Waals surface area contributed by atoms with Gasteiger partial charge in [-0.1, -0.05) is 11.8 Å². The van der Waals surface area contributed by atoms with Crippen molar-refractivity contribution in [1.29, 1.82) is 0 Å². The maximum Gasteiger partial charge on any atom is 0.256 e. The number of nitrogens with two attached hydrogens (primary N) is 1. The summed E-state index contributed by atoms with van der Waals surface area (Å²) < 4.78 is 33.8. The first-order valence-corrected chi connectivity index (χ1v) is 18.4. The number of likely N-dealkylation sites (N-methyl/N-ethyl adjacent to an activating group) is 1. The third-order valence-corrected chi connectivity index (χ3v) is 11.4. The molecule has 0 radical (unpaired) electrons. The van der Waals surface area contributed by atoms with Crippen molar-refractivity contribution in [3.8, 4) is 23.2 Å². The van der Waals surface area contributed by atoms with Gasteiger partial charge in [-0.15, -0.1) is 0 Å². The van der Waals surface area contributed by atoms with Crippen LogP contribution in [0, 0.1) is 17.8 Å². The molecule has 2 aliphatic heterocycles. The normalized spacial score (nSPS) is 18.3. The van der Waals surface area contributed by atoms with Crippen LogP contribution in [0.15, 0.2) is 49.3 Å². The summed E-state index contributed by atoms with van der Waals surface area (Å²) in [5, 5.41) is 11.6. The van der Waals surface area contributed by atoms with Crippen molar-refractivity contribution < 1.29 is 13.2 Å². The van der Waals surface area contributed by atoms with Crippen molar-refractivity contribution >= 4 is 27.3 Å². The Morgan fingerprint density at radius 1 is 1.00 bits per heavy atom. The molecule has 4 aromatic rings.